The summed E-state index contributed by atoms with van der Waals surface area (Å²) >= 11 is 0. The fraction of sp³-hybridized carbons (Fsp3) is 0.417. The summed E-state index contributed by atoms with van der Waals surface area (Å²) in [5, 5.41) is 13.4. The number of nitro groups is 1. The van der Waals surface area contributed by atoms with E-state index in [9.17, 15) is 14.9 Å². The van der Waals surface area contributed by atoms with Crippen molar-refractivity contribution in [3.63, 3.8) is 0 Å². The first kappa shape index (κ1) is 18.3. The smallest absolute Gasteiger partial charge is 0.274 e. The van der Waals surface area contributed by atoms with Crippen LogP contribution in [0.3, 0.4) is 0 Å². The maximum absolute atomic E-state index is 11.8. The molecule has 1 amide bonds. The fourth-order valence-electron chi connectivity index (χ4n) is 1.63. The van der Waals surface area contributed by atoms with E-state index in [-0.39, 0.29) is 43.1 Å². The zero-order valence-corrected chi connectivity index (χ0v) is 12.1. The Hall–Kier alpha value is -1.70. The predicted octanol–water partition coefficient (Wildman–Crippen LogP) is 1.63. The number of benzene rings is 1. The van der Waals surface area contributed by atoms with Gasteiger partial charge >= 0.3 is 0 Å². The third-order valence-electron chi connectivity index (χ3n) is 2.79. The number of hydrogen-bond acceptors (Lipinski definition) is 5. The van der Waals surface area contributed by atoms with Crippen LogP contribution in [0.15, 0.2) is 18.2 Å². The Labute approximate surface area is 123 Å². The van der Waals surface area contributed by atoms with Gasteiger partial charge < -0.3 is 15.8 Å². The molecule has 112 valence electrons. The number of nitrogens with two attached hydrogens (primary N) is 1. The van der Waals surface area contributed by atoms with Crippen LogP contribution in [-0.4, -0.2) is 30.6 Å². The topological polar surface area (TPSA) is 107 Å². The summed E-state index contributed by atoms with van der Waals surface area (Å²) < 4.78 is 5.01. The van der Waals surface area contributed by atoms with E-state index >= 15 is 0 Å². The number of amides is 1. The normalized spacial score (nSPS) is 11.3. The zero-order valence-electron chi connectivity index (χ0n) is 11.3. The SMILES string of the molecule is COC(CN)CC(=O)Nc1cccc([N+](=O)[O-])c1C.Cl. The Morgan fingerprint density at radius 2 is 2.20 bits per heavy atom. The third kappa shape index (κ3) is 4.76. The molecule has 0 radical (unpaired) electrons. The van der Waals surface area contributed by atoms with Crippen LogP contribution in [0.1, 0.15) is 12.0 Å². The van der Waals surface area contributed by atoms with Crippen molar-refractivity contribution in [2.75, 3.05) is 19.0 Å². The number of nitro benzene ring substituents is 1. The second-order valence-electron chi connectivity index (χ2n) is 4.05. The monoisotopic (exact) mass is 303 g/mol. The zero-order chi connectivity index (χ0) is 14.4. The van der Waals surface area contributed by atoms with E-state index in [1.165, 1.54) is 19.2 Å². The molecule has 0 aromatic heterocycles. The Kier molecular flexibility index (Phi) is 7.75. The summed E-state index contributed by atoms with van der Waals surface area (Å²) in [7, 11) is 1.48. The Bertz CT molecular complexity index is 478. The van der Waals surface area contributed by atoms with Crippen LogP contribution in [0, 0.1) is 17.0 Å². The van der Waals surface area contributed by atoms with Gasteiger partial charge in [0, 0.05) is 19.7 Å². The van der Waals surface area contributed by atoms with E-state index in [0.29, 0.717) is 11.3 Å². The van der Waals surface area contributed by atoms with Crippen LogP contribution in [0.25, 0.3) is 0 Å². The number of hydrogen-bond donors (Lipinski definition) is 2. The fourth-order valence-corrected chi connectivity index (χ4v) is 1.63. The van der Waals surface area contributed by atoms with Gasteiger partial charge in [-0.1, -0.05) is 6.07 Å². The maximum Gasteiger partial charge on any atom is 0.274 e. The van der Waals surface area contributed by atoms with Crippen LogP contribution in [0.2, 0.25) is 0 Å². The third-order valence-corrected chi connectivity index (χ3v) is 2.79. The van der Waals surface area contributed by atoms with Crippen LogP contribution in [-0.2, 0) is 9.53 Å². The standard InChI is InChI=1S/C12H17N3O4.ClH/c1-8-10(4-3-5-11(8)15(17)18)14-12(16)6-9(7-13)19-2;/h3-5,9H,6-7,13H2,1-2H3,(H,14,16);1H. The molecule has 1 aromatic carbocycles. The quantitative estimate of drug-likeness (QED) is 0.613. The molecule has 0 saturated carbocycles. The Morgan fingerprint density at radius 3 is 2.70 bits per heavy atom. The number of carbonyl (C=O) groups is 1. The van der Waals surface area contributed by atoms with Gasteiger partial charge in [0.25, 0.3) is 5.69 Å². The molecule has 20 heavy (non-hydrogen) atoms. The number of ether oxygens (including phenoxy) is 1. The van der Waals surface area contributed by atoms with Crippen LogP contribution < -0.4 is 11.1 Å². The number of nitrogens with one attached hydrogen (secondary N) is 1. The molecule has 1 unspecified atom stereocenters. The number of nitrogens with zero attached hydrogens (tertiary/aromatic N) is 1. The van der Waals surface area contributed by atoms with Gasteiger partial charge in [0.15, 0.2) is 0 Å². The van der Waals surface area contributed by atoms with Crippen molar-refractivity contribution in [1.82, 2.24) is 0 Å². The summed E-state index contributed by atoms with van der Waals surface area (Å²) in [5.74, 6) is -0.291. The van der Waals surface area contributed by atoms with Gasteiger partial charge in [0.1, 0.15) is 0 Å². The molecule has 0 aliphatic rings. The highest BCUT2D eigenvalue weighted by atomic mass is 35.5. The number of rotatable bonds is 6. The highest BCUT2D eigenvalue weighted by Crippen LogP contribution is 2.25. The number of anilines is 1. The average Bonchev–Trinajstić information content (AvgIpc) is 2.38. The number of methoxy groups -OCH3 is 1. The second kappa shape index (κ2) is 8.47. The number of carbonyl (C=O) groups excluding carboxylic acids is 1. The van der Waals surface area contributed by atoms with Crippen molar-refractivity contribution >= 4 is 29.7 Å². The molecule has 0 aliphatic carbocycles. The lowest BCUT2D eigenvalue weighted by Crippen LogP contribution is -2.28. The van der Waals surface area contributed by atoms with Gasteiger partial charge in [-0.25, -0.2) is 0 Å². The molecule has 1 rings (SSSR count). The molecule has 0 bridgehead atoms. The molecule has 0 spiro atoms. The van der Waals surface area contributed by atoms with Crippen molar-refractivity contribution < 1.29 is 14.5 Å². The highest BCUT2D eigenvalue weighted by molar-refractivity contribution is 5.92. The second-order valence-corrected chi connectivity index (χ2v) is 4.05. The maximum atomic E-state index is 11.8. The van der Waals surface area contributed by atoms with Gasteiger partial charge in [0.2, 0.25) is 5.91 Å². The minimum absolute atomic E-state index is 0. The van der Waals surface area contributed by atoms with Crippen molar-refractivity contribution in [2.45, 2.75) is 19.4 Å². The van der Waals surface area contributed by atoms with Gasteiger partial charge in [-0.05, 0) is 13.0 Å². The highest BCUT2D eigenvalue weighted by Gasteiger charge is 2.16. The van der Waals surface area contributed by atoms with E-state index in [1.54, 1.807) is 13.0 Å². The van der Waals surface area contributed by atoms with Gasteiger partial charge in [-0.2, -0.15) is 0 Å². The summed E-state index contributed by atoms with van der Waals surface area (Å²) in [6.07, 6.45) is -0.256. The van der Waals surface area contributed by atoms with Crippen molar-refractivity contribution in [3.8, 4) is 0 Å². The van der Waals surface area contributed by atoms with E-state index in [4.69, 9.17) is 10.5 Å². The molecule has 3 N–H and O–H groups in total. The first-order valence-electron chi connectivity index (χ1n) is 5.76. The largest absolute Gasteiger partial charge is 0.380 e. The van der Waals surface area contributed by atoms with Crippen LogP contribution in [0.4, 0.5) is 11.4 Å². The molecular formula is C12H18ClN3O4. The molecule has 0 heterocycles. The Morgan fingerprint density at radius 1 is 1.55 bits per heavy atom. The molecule has 1 atom stereocenters. The van der Waals surface area contributed by atoms with Crippen molar-refractivity contribution in [1.29, 1.82) is 0 Å². The summed E-state index contributed by atoms with van der Waals surface area (Å²) in [4.78, 5) is 22.1. The van der Waals surface area contributed by atoms with E-state index in [1.807, 2.05) is 0 Å². The average molecular weight is 304 g/mol. The van der Waals surface area contributed by atoms with Crippen LogP contribution >= 0.6 is 12.4 Å². The van der Waals surface area contributed by atoms with E-state index in [2.05, 4.69) is 5.32 Å². The molecule has 8 heteroatoms. The molecular weight excluding hydrogens is 286 g/mol. The van der Waals surface area contributed by atoms with E-state index in [0.717, 1.165) is 0 Å². The minimum Gasteiger partial charge on any atom is -0.380 e. The van der Waals surface area contributed by atoms with Crippen molar-refractivity contribution in [3.05, 3.63) is 33.9 Å². The van der Waals surface area contributed by atoms with E-state index < -0.39 is 4.92 Å². The predicted molar refractivity (Wildman–Crippen MR) is 78.2 cm³/mol. The lowest BCUT2D eigenvalue weighted by molar-refractivity contribution is -0.385. The molecule has 0 fully saturated rings. The minimum atomic E-state index is -0.483. The summed E-state index contributed by atoms with van der Waals surface area (Å²) in [5.41, 5.74) is 6.24. The molecule has 7 nitrogen and oxygen atoms in total. The summed E-state index contributed by atoms with van der Waals surface area (Å²) in [6, 6.07) is 4.53. The number of halogens is 1. The first-order valence-corrected chi connectivity index (χ1v) is 5.76. The molecule has 0 saturated heterocycles. The lowest BCUT2D eigenvalue weighted by atomic mass is 10.1. The first-order chi connectivity index (χ1) is 8.99. The summed E-state index contributed by atoms with van der Waals surface area (Å²) in [6.45, 7) is 1.82. The van der Waals surface area contributed by atoms with Crippen molar-refractivity contribution in [2.24, 2.45) is 5.73 Å². The molecule has 1 aromatic rings. The van der Waals surface area contributed by atoms with Gasteiger partial charge in [0.05, 0.1) is 28.7 Å². The van der Waals surface area contributed by atoms with Crippen LogP contribution in [0.5, 0.6) is 0 Å². The lowest BCUT2D eigenvalue weighted by Gasteiger charge is -2.13. The van der Waals surface area contributed by atoms with Gasteiger partial charge in [-0.3, -0.25) is 14.9 Å². The Balaban J connectivity index is 0.00000361. The molecule has 0 aliphatic heterocycles. The van der Waals surface area contributed by atoms with Gasteiger partial charge in [-0.15, -0.1) is 12.4 Å².